The third-order valence-corrected chi connectivity index (χ3v) is 5.58. The number of fused-ring (bicyclic) bond motifs is 1. The van der Waals surface area contributed by atoms with Crippen molar-refractivity contribution in [2.45, 2.75) is 37.8 Å². The maximum Gasteiger partial charge on any atom is 0.230 e. The molecule has 0 unspecified atom stereocenters. The summed E-state index contributed by atoms with van der Waals surface area (Å²) >= 11 is 0. The van der Waals surface area contributed by atoms with Crippen LogP contribution >= 0.6 is 0 Å². The summed E-state index contributed by atoms with van der Waals surface area (Å²) in [6.07, 6.45) is 4.78. The van der Waals surface area contributed by atoms with Gasteiger partial charge in [0.1, 0.15) is 17.0 Å². The molecule has 0 radical (unpaired) electrons. The molecule has 2 aliphatic rings. The van der Waals surface area contributed by atoms with Gasteiger partial charge in [-0.15, -0.1) is 0 Å². The average Bonchev–Trinajstić information content (AvgIpc) is 3.13. The Morgan fingerprint density at radius 1 is 1.03 bits per heavy atom. The van der Waals surface area contributed by atoms with Gasteiger partial charge in [0.2, 0.25) is 17.8 Å². The summed E-state index contributed by atoms with van der Waals surface area (Å²) < 4.78 is 20.5. The summed E-state index contributed by atoms with van der Waals surface area (Å²) in [4.78, 5) is 15.1. The second kappa shape index (κ2) is 6.58. The fourth-order valence-corrected chi connectivity index (χ4v) is 4.30. The van der Waals surface area contributed by atoms with Gasteiger partial charge in [-0.1, -0.05) is 18.6 Å². The summed E-state index contributed by atoms with van der Waals surface area (Å²) in [6.45, 7) is 0. The molecule has 8 heteroatoms. The van der Waals surface area contributed by atoms with E-state index in [-0.39, 0.29) is 23.4 Å². The zero-order chi connectivity index (χ0) is 20.0. The highest BCUT2D eigenvalue weighted by molar-refractivity contribution is 6.05. The zero-order valence-corrected chi connectivity index (χ0v) is 15.8. The number of hydrogen-bond acceptors (Lipinski definition) is 7. The molecule has 0 bridgehead atoms. The molecule has 2 heterocycles. The van der Waals surface area contributed by atoms with Crippen molar-refractivity contribution in [3.63, 3.8) is 0 Å². The van der Waals surface area contributed by atoms with Gasteiger partial charge in [-0.3, -0.25) is 4.90 Å². The lowest BCUT2D eigenvalue weighted by Gasteiger charge is -2.45. The molecular weight excluding hydrogens is 371 g/mol. The number of benzene rings is 2. The molecule has 4 N–H and O–H groups in total. The largest absolute Gasteiger partial charge is 0.436 e. The number of halogens is 1. The van der Waals surface area contributed by atoms with E-state index in [4.69, 9.17) is 15.9 Å². The normalized spacial score (nSPS) is 18.7. The predicted octanol–water partition coefficient (Wildman–Crippen LogP) is 3.74. The Morgan fingerprint density at radius 3 is 2.62 bits per heavy atom. The van der Waals surface area contributed by atoms with Crippen LogP contribution in [0.2, 0.25) is 0 Å². The van der Waals surface area contributed by atoms with E-state index in [2.05, 4.69) is 15.0 Å². The lowest BCUT2D eigenvalue weighted by molar-refractivity contribution is 0.305. The number of aliphatic imine (C=N–C) groups is 2. The smallest absolute Gasteiger partial charge is 0.230 e. The predicted molar refractivity (Wildman–Crippen MR) is 111 cm³/mol. The van der Waals surface area contributed by atoms with Crippen molar-refractivity contribution in [2.75, 3.05) is 4.90 Å². The molecule has 1 spiro atoms. The van der Waals surface area contributed by atoms with Crippen molar-refractivity contribution in [3.8, 4) is 11.5 Å². The van der Waals surface area contributed by atoms with Gasteiger partial charge in [-0.25, -0.2) is 14.4 Å². The molecule has 1 aliphatic heterocycles. The van der Waals surface area contributed by atoms with Crippen LogP contribution in [-0.2, 0) is 0 Å². The van der Waals surface area contributed by atoms with Crippen LogP contribution in [0.3, 0.4) is 0 Å². The second-order valence-electron chi connectivity index (χ2n) is 7.47. The van der Waals surface area contributed by atoms with Crippen LogP contribution in [0.4, 0.5) is 10.1 Å². The molecule has 1 aliphatic carbocycles. The molecule has 1 saturated carbocycles. The highest BCUT2D eigenvalue weighted by Crippen LogP contribution is 2.40. The maximum absolute atomic E-state index is 14.7. The van der Waals surface area contributed by atoms with Crippen molar-refractivity contribution >= 4 is 28.7 Å². The molecule has 1 fully saturated rings. The van der Waals surface area contributed by atoms with E-state index < -0.39 is 11.5 Å². The first kappa shape index (κ1) is 17.7. The van der Waals surface area contributed by atoms with Crippen molar-refractivity contribution in [1.29, 1.82) is 0 Å². The van der Waals surface area contributed by atoms with Crippen molar-refractivity contribution in [3.05, 3.63) is 48.3 Å². The molecule has 0 saturated heterocycles. The van der Waals surface area contributed by atoms with E-state index in [1.807, 2.05) is 23.1 Å². The molecule has 148 valence electrons. The summed E-state index contributed by atoms with van der Waals surface area (Å²) in [5.41, 5.74) is 13.8. The Balaban J connectivity index is 1.62. The van der Waals surface area contributed by atoms with E-state index in [0.29, 0.717) is 16.8 Å². The number of nitrogens with zero attached hydrogens (tertiary/aromatic N) is 4. The van der Waals surface area contributed by atoms with E-state index in [0.717, 1.165) is 32.1 Å². The molecule has 0 amide bonds. The molecule has 3 aromatic rings. The highest BCUT2D eigenvalue weighted by Gasteiger charge is 2.42. The maximum atomic E-state index is 14.7. The summed E-state index contributed by atoms with van der Waals surface area (Å²) in [5, 5.41) is 0. The summed E-state index contributed by atoms with van der Waals surface area (Å²) in [5.74, 6) is 0.240. The van der Waals surface area contributed by atoms with Crippen molar-refractivity contribution in [2.24, 2.45) is 21.5 Å². The van der Waals surface area contributed by atoms with Crippen LogP contribution in [0, 0.1) is 5.82 Å². The fourth-order valence-electron chi connectivity index (χ4n) is 4.30. The van der Waals surface area contributed by atoms with E-state index in [9.17, 15) is 4.39 Å². The van der Waals surface area contributed by atoms with Gasteiger partial charge in [-0.05, 0) is 56.0 Å². The second-order valence-corrected chi connectivity index (χ2v) is 7.47. The number of hydrogen-bond donors (Lipinski definition) is 2. The van der Waals surface area contributed by atoms with E-state index >= 15 is 0 Å². The first-order chi connectivity index (χ1) is 14.1. The number of aromatic nitrogens is 1. The molecule has 2 aromatic carbocycles. The van der Waals surface area contributed by atoms with Crippen LogP contribution in [-0.4, -0.2) is 22.6 Å². The summed E-state index contributed by atoms with van der Waals surface area (Å²) in [7, 11) is 0. The van der Waals surface area contributed by atoms with Crippen LogP contribution in [0.5, 0.6) is 0 Å². The number of rotatable bonds is 2. The van der Waals surface area contributed by atoms with Gasteiger partial charge in [0.25, 0.3) is 0 Å². The van der Waals surface area contributed by atoms with Gasteiger partial charge < -0.3 is 15.9 Å². The van der Waals surface area contributed by atoms with Gasteiger partial charge in [0.05, 0.1) is 5.56 Å². The van der Waals surface area contributed by atoms with Gasteiger partial charge in [0, 0.05) is 5.69 Å². The minimum absolute atomic E-state index is 0.182. The summed E-state index contributed by atoms with van der Waals surface area (Å²) in [6, 6.07) is 12.1. The van der Waals surface area contributed by atoms with Crippen LogP contribution in [0.15, 0.2) is 56.9 Å². The van der Waals surface area contributed by atoms with Gasteiger partial charge >= 0.3 is 0 Å². The first-order valence-corrected chi connectivity index (χ1v) is 9.71. The number of guanidine groups is 2. The Bertz CT molecular complexity index is 1110. The molecule has 5 rings (SSSR count). The Labute approximate surface area is 166 Å². The van der Waals surface area contributed by atoms with Crippen molar-refractivity contribution < 1.29 is 8.81 Å². The number of oxazole rings is 1. The lowest BCUT2D eigenvalue weighted by atomic mass is 9.87. The van der Waals surface area contributed by atoms with Gasteiger partial charge in [0.15, 0.2) is 5.58 Å². The third-order valence-electron chi connectivity index (χ3n) is 5.58. The van der Waals surface area contributed by atoms with E-state index in [1.54, 1.807) is 18.2 Å². The number of anilines is 1. The SMILES string of the molecule is NC1=NC2(CCCCC2)N(c2ccc(F)c(-c3nc4ccccc4o3)c2)C(N)=N1. The monoisotopic (exact) mass is 392 g/mol. The first-order valence-electron chi connectivity index (χ1n) is 9.71. The Morgan fingerprint density at radius 2 is 1.83 bits per heavy atom. The zero-order valence-electron chi connectivity index (χ0n) is 15.8. The molecular formula is C21H21FN6O. The standard InChI is InChI=1S/C21H21FN6O/c22-15-9-8-13(12-14(15)18-25-16-6-2-3-7-17(16)29-18)28-20(24)26-19(23)27-21(28)10-4-1-5-11-21/h2-3,6-9,12H,1,4-5,10-11H2,(H4,23,24,26,27). The van der Waals surface area contributed by atoms with Crippen LogP contribution < -0.4 is 16.4 Å². The van der Waals surface area contributed by atoms with Crippen LogP contribution in [0.25, 0.3) is 22.6 Å². The lowest BCUT2D eigenvalue weighted by Crippen LogP contribution is -2.58. The number of nitrogens with two attached hydrogens (primary N) is 2. The average molecular weight is 392 g/mol. The topological polar surface area (TPSA) is 106 Å². The minimum atomic E-state index is -0.593. The van der Waals surface area contributed by atoms with Crippen molar-refractivity contribution in [1.82, 2.24) is 4.98 Å². The highest BCUT2D eigenvalue weighted by atomic mass is 19.1. The third kappa shape index (κ3) is 2.91. The van der Waals surface area contributed by atoms with Crippen LogP contribution in [0.1, 0.15) is 32.1 Å². The molecule has 1 aromatic heterocycles. The molecule has 29 heavy (non-hydrogen) atoms. The van der Waals surface area contributed by atoms with Gasteiger partial charge in [-0.2, -0.15) is 4.99 Å². The Hall–Kier alpha value is -3.42. The molecule has 0 atom stereocenters. The number of para-hydroxylation sites is 2. The fraction of sp³-hybridized carbons (Fsp3) is 0.286. The van der Waals surface area contributed by atoms with E-state index in [1.165, 1.54) is 6.07 Å². The minimum Gasteiger partial charge on any atom is -0.436 e. The Kier molecular flexibility index (Phi) is 4.01. The molecule has 7 nitrogen and oxygen atoms in total. The quantitative estimate of drug-likeness (QED) is 0.691.